The van der Waals surface area contributed by atoms with Crippen LogP contribution < -0.4 is 4.72 Å². The number of aliphatic hydroxyl groups is 1. The molecule has 2 aliphatic carbocycles. The molecule has 7 heteroatoms. The molecule has 0 spiro atoms. The van der Waals surface area contributed by atoms with Crippen LogP contribution in [0.25, 0.3) is 0 Å². The third-order valence-electron chi connectivity index (χ3n) is 4.51. The number of aliphatic hydroxyl groups excluding tert-OH is 1. The minimum atomic E-state index is -3.47. The lowest BCUT2D eigenvalue weighted by Crippen LogP contribution is -2.38. The van der Waals surface area contributed by atoms with Crippen molar-refractivity contribution < 1.29 is 13.5 Å². The number of sulfonamides is 1. The van der Waals surface area contributed by atoms with Gasteiger partial charge in [-0.3, -0.25) is 4.68 Å². The average molecular weight is 299 g/mol. The topological polar surface area (TPSA) is 84.2 Å². The summed E-state index contributed by atoms with van der Waals surface area (Å²) in [5, 5.41) is 12.8. The lowest BCUT2D eigenvalue weighted by molar-refractivity contribution is 0.277. The number of hydrogen-bond acceptors (Lipinski definition) is 4. The first-order valence-corrected chi connectivity index (χ1v) is 8.72. The van der Waals surface area contributed by atoms with Crippen LogP contribution in [-0.2, 0) is 16.6 Å². The summed E-state index contributed by atoms with van der Waals surface area (Å²) in [6.45, 7) is 0.603. The molecule has 3 atom stereocenters. The minimum Gasteiger partial charge on any atom is -0.396 e. The highest BCUT2D eigenvalue weighted by molar-refractivity contribution is 7.89. The van der Waals surface area contributed by atoms with E-state index in [1.54, 1.807) is 4.68 Å². The maximum atomic E-state index is 12.3. The molecular formula is C13H21N3O3S. The fraction of sp³-hybridized carbons (Fsp3) is 0.769. The van der Waals surface area contributed by atoms with Crippen LogP contribution in [-0.4, -0.2) is 36.0 Å². The molecule has 0 aromatic carbocycles. The van der Waals surface area contributed by atoms with Gasteiger partial charge in [0.15, 0.2) is 0 Å². The number of nitrogens with one attached hydrogen (secondary N) is 1. The Balaban J connectivity index is 1.67. The molecular weight excluding hydrogens is 278 g/mol. The monoisotopic (exact) mass is 299 g/mol. The van der Waals surface area contributed by atoms with Crippen molar-refractivity contribution in [2.75, 3.05) is 6.61 Å². The van der Waals surface area contributed by atoms with Crippen molar-refractivity contribution in [2.45, 2.75) is 49.6 Å². The Morgan fingerprint density at radius 3 is 2.90 bits per heavy atom. The highest BCUT2D eigenvalue weighted by atomic mass is 32.2. The van der Waals surface area contributed by atoms with Crippen LogP contribution in [0.4, 0.5) is 0 Å². The largest absolute Gasteiger partial charge is 0.396 e. The summed E-state index contributed by atoms with van der Waals surface area (Å²) in [6.07, 6.45) is 8.03. The van der Waals surface area contributed by atoms with Gasteiger partial charge in [0.2, 0.25) is 10.0 Å². The lowest BCUT2D eigenvalue weighted by Gasteiger charge is -2.22. The number of nitrogens with zero attached hydrogens (tertiary/aromatic N) is 2. The number of aromatic nitrogens is 2. The second-order valence-corrected chi connectivity index (χ2v) is 7.63. The van der Waals surface area contributed by atoms with Gasteiger partial charge in [-0.2, -0.15) is 5.10 Å². The van der Waals surface area contributed by atoms with Crippen molar-refractivity contribution in [1.82, 2.24) is 14.5 Å². The van der Waals surface area contributed by atoms with Gasteiger partial charge < -0.3 is 5.11 Å². The molecule has 0 aliphatic heterocycles. The molecule has 2 N–H and O–H groups in total. The molecule has 3 unspecified atom stereocenters. The molecule has 0 amide bonds. The standard InChI is InChI=1S/C13H21N3O3S/c17-5-1-4-16-9-12(8-14-16)20(18,19)15-13-7-10-2-3-11(13)6-10/h8-11,13,15,17H,1-7H2. The van der Waals surface area contributed by atoms with Crippen LogP contribution >= 0.6 is 0 Å². The van der Waals surface area contributed by atoms with E-state index < -0.39 is 10.0 Å². The molecule has 6 nitrogen and oxygen atoms in total. The number of rotatable bonds is 6. The summed E-state index contributed by atoms with van der Waals surface area (Å²) < 4.78 is 29.1. The van der Waals surface area contributed by atoms with Gasteiger partial charge in [0.25, 0.3) is 0 Å². The fourth-order valence-electron chi connectivity index (χ4n) is 3.49. The molecule has 2 bridgehead atoms. The van der Waals surface area contributed by atoms with Gasteiger partial charge in [0.05, 0.1) is 6.20 Å². The molecule has 2 fully saturated rings. The summed E-state index contributed by atoms with van der Waals surface area (Å²) in [5.74, 6) is 1.22. The number of aryl methyl sites for hydroxylation is 1. The van der Waals surface area contributed by atoms with E-state index in [0.717, 1.165) is 12.8 Å². The van der Waals surface area contributed by atoms with Crippen LogP contribution in [0.15, 0.2) is 17.3 Å². The van der Waals surface area contributed by atoms with Crippen LogP contribution in [0.2, 0.25) is 0 Å². The van der Waals surface area contributed by atoms with Crippen molar-refractivity contribution in [3.63, 3.8) is 0 Å². The second-order valence-electron chi connectivity index (χ2n) is 5.92. The number of fused-ring (bicyclic) bond motifs is 2. The van der Waals surface area contributed by atoms with Crippen LogP contribution in [0.3, 0.4) is 0 Å². The quantitative estimate of drug-likeness (QED) is 0.811. The van der Waals surface area contributed by atoms with E-state index in [4.69, 9.17) is 5.11 Å². The van der Waals surface area contributed by atoms with E-state index in [9.17, 15) is 8.42 Å². The predicted octanol–water partition coefficient (Wildman–Crippen LogP) is 0.732. The zero-order valence-corrected chi connectivity index (χ0v) is 12.2. The van der Waals surface area contributed by atoms with Gasteiger partial charge in [-0.1, -0.05) is 6.42 Å². The van der Waals surface area contributed by atoms with E-state index in [2.05, 4.69) is 9.82 Å². The van der Waals surface area contributed by atoms with Gasteiger partial charge in [0.1, 0.15) is 4.90 Å². The SMILES string of the molecule is O=S(=O)(NC1CC2CCC1C2)c1cnn(CCCO)c1. The summed E-state index contributed by atoms with van der Waals surface area (Å²) in [4.78, 5) is 0.221. The Kier molecular flexibility index (Phi) is 3.83. The summed E-state index contributed by atoms with van der Waals surface area (Å²) in [5.41, 5.74) is 0. The first-order chi connectivity index (χ1) is 9.58. The normalized spacial score (nSPS) is 29.1. The van der Waals surface area contributed by atoms with Gasteiger partial charge in [-0.25, -0.2) is 13.1 Å². The molecule has 1 heterocycles. The van der Waals surface area contributed by atoms with Crippen molar-refractivity contribution in [2.24, 2.45) is 11.8 Å². The smallest absolute Gasteiger partial charge is 0.243 e. The highest BCUT2D eigenvalue weighted by Gasteiger charge is 2.41. The zero-order chi connectivity index (χ0) is 14.2. The van der Waals surface area contributed by atoms with E-state index in [-0.39, 0.29) is 17.5 Å². The maximum absolute atomic E-state index is 12.3. The zero-order valence-electron chi connectivity index (χ0n) is 11.4. The predicted molar refractivity (Wildman–Crippen MR) is 73.5 cm³/mol. The Hall–Kier alpha value is -0.920. The lowest BCUT2D eigenvalue weighted by atomic mass is 9.96. The molecule has 1 aromatic rings. The maximum Gasteiger partial charge on any atom is 0.243 e. The van der Waals surface area contributed by atoms with Crippen LogP contribution in [0.1, 0.15) is 32.1 Å². The Bertz CT molecular complexity index is 569. The molecule has 20 heavy (non-hydrogen) atoms. The minimum absolute atomic E-state index is 0.0747. The molecule has 2 aliphatic rings. The van der Waals surface area contributed by atoms with E-state index in [0.29, 0.717) is 24.8 Å². The van der Waals surface area contributed by atoms with Crippen molar-refractivity contribution in [3.8, 4) is 0 Å². The molecule has 2 saturated carbocycles. The van der Waals surface area contributed by atoms with E-state index in [1.807, 2.05) is 0 Å². The fourth-order valence-corrected chi connectivity index (χ4v) is 4.76. The van der Waals surface area contributed by atoms with Gasteiger partial charge in [0, 0.05) is 25.4 Å². The van der Waals surface area contributed by atoms with Gasteiger partial charge in [-0.05, 0) is 37.5 Å². The number of hydrogen-bond donors (Lipinski definition) is 2. The average Bonchev–Trinajstić information content (AvgIpc) is 3.11. The third kappa shape index (κ3) is 2.75. The Labute approximate surface area is 119 Å². The van der Waals surface area contributed by atoms with Crippen LogP contribution in [0.5, 0.6) is 0 Å². The van der Waals surface area contributed by atoms with Gasteiger partial charge in [-0.15, -0.1) is 0 Å². The highest BCUT2D eigenvalue weighted by Crippen LogP contribution is 2.44. The molecule has 0 saturated heterocycles. The molecule has 0 radical (unpaired) electrons. The molecule has 1 aromatic heterocycles. The molecule has 3 rings (SSSR count). The first kappa shape index (κ1) is 14.0. The molecule has 112 valence electrons. The Morgan fingerprint density at radius 2 is 2.25 bits per heavy atom. The van der Waals surface area contributed by atoms with E-state index in [1.165, 1.54) is 25.2 Å². The summed E-state index contributed by atoms with van der Waals surface area (Å²) >= 11 is 0. The van der Waals surface area contributed by atoms with Crippen molar-refractivity contribution in [1.29, 1.82) is 0 Å². The summed E-state index contributed by atoms with van der Waals surface area (Å²) in [7, 11) is -3.47. The van der Waals surface area contributed by atoms with Crippen molar-refractivity contribution >= 4 is 10.0 Å². The first-order valence-electron chi connectivity index (χ1n) is 7.24. The van der Waals surface area contributed by atoms with Gasteiger partial charge >= 0.3 is 0 Å². The third-order valence-corrected chi connectivity index (χ3v) is 5.95. The summed E-state index contributed by atoms with van der Waals surface area (Å²) in [6, 6.07) is 0.0968. The van der Waals surface area contributed by atoms with E-state index >= 15 is 0 Å². The second kappa shape index (κ2) is 5.46. The van der Waals surface area contributed by atoms with Crippen molar-refractivity contribution in [3.05, 3.63) is 12.4 Å². The van der Waals surface area contributed by atoms with Crippen LogP contribution in [0, 0.1) is 11.8 Å². The Morgan fingerprint density at radius 1 is 1.40 bits per heavy atom.